The number of anilines is 1. The number of nitrogens with zero attached hydrogens (tertiary/aromatic N) is 1. The highest BCUT2D eigenvalue weighted by atomic mass is 16.5. The molecule has 0 aliphatic carbocycles. The average Bonchev–Trinajstić information content (AvgIpc) is 2.97. The highest BCUT2D eigenvalue weighted by Crippen LogP contribution is 2.21. The fraction of sp³-hybridized carbons (Fsp3) is 0.444. The summed E-state index contributed by atoms with van der Waals surface area (Å²) in [6.45, 7) is 1.75. The summed E-state index contributed by atoms with van der Waals surface area (Å²) in [6, 6.07) is 7.26. The van der Waals surface area contributed by atoms with E-state index in [1.165, 1.54) is 0 Å². The number of carbonyl (C=O) groups excluding carboxylic acids is 1. The maximum atomic E-state index is 12.0. The molecule has 2 aromatic rings. The van der Waals surface area contributed by atoms with E-state index in [4.69, 9.17) is 14.6 Å². The van der Waals surface area contributed by atoms with Crippen LogP contribution in [0.15, 0.2) is 30.5 Å². The second-order valence-corrected chi connectivity index (χ2v) is 6.09. The molecule has 2 heterocycles. The Balaban J connectivity index is 1.51. The van der Waals surface area contributed by atoms with Gasteiger partial charge in [0.2, 0.25) is 5.91 Å². The highest BCUT2D eigenvalue weighted by Gasteiger charge is 2.14. The standard InChI is InChI=1S/C18H22N2O5/c21-17(6-10-25-15-4-8-24-9-5-15)19-14-1-2-16-13(11-14)3-7-20(16)12-18(22)23/h1-3,7,11,15H,4-6,8-10,12H2,(H,19,21)(H,22,23). The first kappa shape index (κ1) is 17.4. The number of hydrogen-bond donors (Lipinski definition) is 2. The number of aromatic nitrogens is 1. The minimum Gasteiger partial charge on any atom is -0.480 e. The lowest BCUT2D eigenvalue weighted by Crippen LogP contribution is -2.25. The van der Waals surface area contributed by atoms with Crippen LogP contribution in [0.4, 0.5) is 5.69 Å². The molecule has 1 aliphatic rings. The van der Waals surface area contributed by atoms with Gasteiger partial charge in [-0.15, -0.1) is 0 Å². The normalized spacial score (nSPS) is 15.4. The summed E-state index contributed by atoms with van der Waals surface area (Å²) in [4.78, 5) is 22.9. The highest BCUT2D eigenvalue weighted by molar-refractivity contribution is 5.94. The molecular weight excluding hydrogens is 324 g/mol. The van der Waals surface area contributed by atoms with Crippen molar-refractivity contribution in [2.45, 2.75) is 31.9 Å². The molecule has 25 heavy (non-hydrogen) atoms. The Morgan fingerprint density at radius 2 is 2.08 bits per heavy atom. The van der Waals surface area contributed by atoms with Crippen molar-refractivity contribution >= 4 is 28.5 Å². The van der Waals surface area contributed by atoms with Gasteiger partial charge in [0.15, 0.2) is 0 Å². The smallest absolute Gasteiger partial charge is 0.323 e. The van der Waals surface area contributed by atoms with E-state index >= 15 is 0 Å². The molecule has 0 unspecified atom stereocenters. The summed E-state index contributed by atoms with van der Waals surface area (Å²) in [6.07, 6.45) is 3.98. The summed E-state index contributed by atoms with van der Waals surface area (Å²) >= 11 is 0. The fourth-order valence-corrected chi connectivity index (χ4v) is 2.95. The van der Waals surface area contributed by atoms with Crippen LogP contribution < -0.4 is 5.32 Å². The van der Waals surface area contributed by atoms with Gasteiger partial charge in [-0.1, -0.05) is 0 Å². The molecule has 7 nitrogen and oxygen atoms in total. The second-order valence-electron chi connectivity index (χ2n) is 6.09. The van der Waals surface area contributed by atoms with E-state index in [0.29, 0.717) is 18.7 Å². The van der Waals surface area contributed by atoms with Crippen molar-refractivity contribution in [2.75, 3.05) is 25.1 Å². The van der Waals surface area contributed by atoms with Gasteiger partial charge in [0, 0.05) is 36.0 Å². The van der Waals surface area contributed by atoms with E-state index in [9.17, 15) is 9.59 Å². The lowest BCUT2D eigenvalue weighted by Gasteiger charge is -2.22. The molecular formula is C18H22N2O5. The van der Waals surface area contributed by atoms with Crippen LogP contribution in [0.3, 0.4) is 0 Å². The number of carboxylic acid groups (broad SMARTS) is 1. The zero-order chi connectivity index (χ0) is 17.6. The van der Waals surface area contributed by atoms with Crippen molar-refractivity contribution in [3.8, 4) is 0 Å². The van der Waals surface area contributed by atoms with Gasteiger partial charge in [-0.25, -0.2) is 0 Å². The maximum absolute atomic E-state index is 12.0. The van der Waals surface area contributed by atoms with Crippen molar-refractivity contribution in [1.82, 2.24) is 4.57 Å². The second kappa shape index (κ2) is 8.13. The number of carboxylic acids is 1. The summed E-state index contributed by atoms with van der Waals surface area (Å²) in [5.41, 5.74) is 1.51. The maximum Gasteiger partial charge on any atom is 0.323 e. The van der Waals surface area contributed by atoms with E-state index in [1.807, 2.05) is 18.2 Å². The van der Waals surface area contributed by atoms with Crippen molar-refractivity contribution in [2.24, 2.45) is 0 Å². The van der Waals surface area contributed by atoms with Crippen LogP contribution in [0.2, 0.25) is 0 Å². The number of fused-ring (bicyclic) bond motifs is 1. The Hall–Kier alpha value is -2.38. The monoisotopic (exact) mass is 346 g/mol. The van der Waals surface area contributed by atoms with E-state index < -0.39 is 5.97 Å². The molecule has 1 amide bonds. The molecule has 1 saturated heterocycles. The van der Waals surface area contributed by atoms with E-state index in [0.717, 1.165) is 37.0 Å². The molecule has 0 atom stereocenters. The van der Waals surface area contributed by atoms with Gasteiger partial charge in [0.05, 0.1) is 19.1 Å². The van der Waals surface area contributed by atoms with Crippen LogP contribution in [-0.4, -0.2) is 47.5 Å². The predicted molar refractivity (Wildman–Crippen MR) is 92.6 cm³/mol. The molecule has 0 spiro atoms. The minimum atomic E-state index is -0.889. The Kier molecular flexibility index (Phi) is 5.67. The molecule has 1 aromatic heterocycles. The Labute approximate surface area is 145 Å². The number of amides is 1. The third kappa shape index (κ3) is 4.80. The zero-order valence-corrected chi connectivity index (χ0v) is 13.9. The van der Waals surface area contributed by atoms with E-state index in [2.05, 4.69) is 5.32 Å². The van der Waals surface area contributed by atoms with Gasteiger partial charge in [-0.05, 0) is 37.1 Å². The molecule has 134 valence electrons. The predicted octanol–water partition coefficient (Wildman–Crippen LogP) is 2.25. The Bertz CT molecular complexity index is 749. The molecule has 3 rings (SSSR count). The summed E-state index contributed by atoms with van der Waals surface area (Å²) in [5, 5.41) is 12.6. The molecule has 0 radical (unpaired) electrons. The molecule has 0 saturated carbocycles. The van der Waals surface area contributed by atoms with E-state index in [1.54, 1.807) is 16.8 Å². The third-order valence-electron chi connectivity index (χ3n) is 4.21. The van der Waals surface area contributed by atoms with Crippen molar-refractivity contribution in [1.29, 1.82) is 0 Å². The molecule has 7 heteroatoms. The van der Waals surface area contributed by atoms with Crippen LogP contribution in [0.25, 0.3) is 10.9 Å². The van der Waals surface area contributed by atoms with E-state index in [-0.39, 0.29) is 18.6 Å². The van der Waals surface area contributed by atoms with Crippen LogP contribution in [-0.2, 0) is 25.6 Å². The zero-order valence-electron chi connectivity index (χ0n) is 13.9. The van der Waals surface area contributed by atoms with Crippen LogP contribution in [0.1, 0.15) is 19.3 Å². The topological polar surface area (TPSA) is 89.8 Å². The lowest BCUT2D eigenvalue weighted by atomic mass is 10.1. The number of carbonyl (C=O) groups is 2. The van der Waals surface area contributed by atoms with Gasteiger partial charge >= 0.3 is 5.97 Å². The van der Waals surface area contributed by atoms with Crippen LogP contribution >= 0.6 is 0 Å². The first-order valence-electron chi connectivity index (χ1n) is 8.42. The third-order valence-corrected chi connectivity index (χ3v) is 4.21. The number of aliphatic carboxylic acids is 1. The fourth-order valence-electron chi connectivity index (χ4n) is 2.95. The molecule has 2 N–H and O–H groups in total. The molecule has 1 aliphatic heterocycles. The largest absolute Gasteiger partial charge is 0.480 e. The quantitative estimate of drug-likeness (QED) is 0.802. The first-order chi connectivity index (χ1) is 12.1. The number of rotatable bonds is 7. The number of nitrogens with one attached hydrogen (secondary N) is 1. The van der Waals surface area contributed by atoms with Crippen molar-refractivity contribution in [3.05, 3.63) is 30.5 Å². The number of benzene rings is 1. The summed E-state index contributed by atoms with van der Waals surface area (Å²) < 4.78 is 12.6. The van der Waals surface area contributed by atoms with Gasteiger partial charge < -0.3 is 24.5 Å². The summed E-state index contributed by atoms with van der Waals surface area (Å²) in [5.74, 6) is -0.990. The van der Waals surface area contributed by atoms with Crippen LogP contribution in [0, 0.1) is 0 Å². The minimum absolute atomic E-state index is 0.0846. The average molecular weight is 346 g/mol. The van der Waals surface area contributed by atoms with Crippen LogP contribution in [0.5, 0.6) is 0 Å². The van der Waals surface area contributed by atoms with Gasteiger partial charge in [0.25, 0.3) is 0 Å². The molecule has 1 aromatic carbocycles. The SMILES string of the molecule is O=C(O)Cn1ccc2cc(NC(=O)CCOC3CCOCC3)ccc21. The summed E-state index contributed by atoms with van der Waals surface area (Å²) in [7, 11) is 0. The Morgan fingerprint density at radius 3 is 2.84 bits per heavy atom. The Morgan fingerprint density at radius 1 is 1.28 bits per heavy atom. The number of hydrogen-bond acceptors (Lipinski definition) is 4. The van der Waals surface area contributed by atoms with Gasteiger partial charge in [-0.2, -0.15) is 0 Å². The number of ether oxygens (including phenoxy) is 2. The van der Waals surface area contributed by atoms with Crippen molar-refractivity contribution in [3.63, 3.8) is 0 Å². The van der Waals surface area contributed by atoms with Gasteiger partial charge in [0.1, 0.15) is 6.54 Å². The first-order valence-corrected chi connectivity index (χ1v) is 8.42. The molecule has 0 bridgehead atoms. The van der Waals surface area contributed by atoms with Gasteiger partial charge in [-0.3, -0.25) is 9.59 Å². The lowest BCUT2D eigenvalue weighted by molar-refractivity contribution is -0.137. The van der Waals surface area contributed by atoms with Crippen molar-refractivity contribution < 1.29 is 24.2 Å². The molecule has 1 fully saturated rings.